The van der Waals surface area contributed by atoms with Gasteiger partial charge in [0.05, 0.1) is 5.56 Å². The first-order valence-electron chi connectivity index (χ1n) is 7.76. The van der Waals surface area contributed by atoms with Crippen LogP contribution in [-0.2, 0) is 6.54 Å². The van der Waals surface area contributed by atoms with E-state index in [4.69, 9.17) is 5.11 Å². The van der Waals surface area contributed by atoms with Crippen LogP contribution in [0.3, 0.4) is 0 Å². The van der Waals surface area contributed by atoms with E-state index in [1.54, 1.807) is 12.1 Å². The molecule has 0 amide bonds. The zero-order valence-corrected chi connectivity index (χ0v) is 12.3. The van der Waals surface area contributed by atoms with Crippen LogP contribution in [-0.4, -0.2) is 17.1 Å². The van der Waals surface area contributed by atoms with E-state index in [1.165, 1.54) is 38.5 Å². The second-order valence-electron chi connectivity index (χ2n) is 5.82. The first kappa shape index (κ1) is 15.0. The Morgan fingerprint density at radius 2 is 2.05 bits per heavy atom. The minimum atomic E-state index is -0.861. The largest absolute Gasteiger partial charge is 0.478 e. The van der Waals surface area contributed by atoms with E-state index in [0.717, 1.165) is 18.0 Å². The van der Waals surface area contributed by atoms with Crippen LogP contribution in [0.1, 0.15) is 61.4 Å². The van der Waals surface area contributed by atoms with Gasteiger partial charge in [-0.3, -0.25) is 0 Å². The van der Waals surface area contributed by atoms with Gasteiger partial charge in [0.25, 0.3) is 0 Å². The topological polar surface area (TPSA) is 49.3 Å². The lowest BCUT2D eigenvalue weighted by Crippen LogP contribution is -2.39. The van der Waals surface area contributed by atoms with Crippen LogP contribution in [0.5, 0.6) is 0 Å². The molecular weight excluding hydrogens is 250 g/mol. The van der Waals surface area contributed by atoms with Crippen molar-refractivity contribution in [2.45, 2.75) is 58.0 Å². The second-order valence-corrected chi connectivity index (χ2v) is 5.82. The Morgan fingerprint density at radius 3 is 2.55 bits per heavy atom. The van der Waals surface area contributed by atoms with E-state index >= 15 is 0 Å². The summed E-state index contributed by atoms with van der Waals surface area (Å²) in [6, 6.07) is 7.82. The molecule has 2 rings (SSSR count). The number of carbonyl (C=O) groups is 1. The van der Waals surface area contributed by atoms with E-state index < -0.39 is 5.97 Å². The van der Waals surface area contributed by atoms with Crippen molar-refractivity contribution in [1.29, 1.82) is 0 Å². The van der Waals surface area contributed by atoms with Crippen molar-refractivity contribution >= 4 is 5.97 Å². The molecule has 1 aliphatic rings. The molecule has 1 aromatic rings. The average molecular weight is 275 g/mol. The van der Waals surface area contributed by atoms with Crippen molar-refractivity contribution in [3.8, 4) is 0 Å². The van der Waals surface area contributed by atoms with Crippen LogP contribution in [0.4, 0.5) is 0 Å². The van der Waals surface area contributed by atoms with E-state index in [2.05, 4.69) is 12.2 Å². The maximum Gasteiger partial charge on any atom is 0.335 e. The quantitative estimate of drug-likeness (QED) is 0.758. The highest BCUT2D eigenvalue weighted by Crippen LogP contribution is 2.31. The SMILES string of the molecule is CCCCC(NCc1ccc(C(=O)O)cc1)C1CCC1. The minimum Gasteiger partial charge on any atom is -0.478 e. The molecule has 0 aromatic heterocycles. The van der Waals surface area contributed by atoms with Gasteiger partial charge in [-0.1, -0.05) is 38.3 Å². The molecule has 0 aliphatic heterocycles. The van der Waals surface area contributed by atoms with Crippen LogP contribution in [0.15, 0.2) is 24.3 Å². The molecule has 0 saturated heterocycles. The Hall–Kier alpha value is -1.35. The fourth-order valence-corrected chi connectivity index (χ4v) is 2.78. The number of unbranched alkanes of at least 4 members (excludes halogenated alkanes) is 1. The summed E-state index contributed by atoms with van der Waals surface area (Å²) in [5.74, 6) is -0.0142. The molecule has 1 aromatic carbocycles. The number of hydrogen-bond acceptors (Lipinski definition) is 2. The normalized spacial score (nSPS) is 16.6. The molecule has 0 bridgehead atoms. The molecule has 110 valence electrons. The summed E-state index contributed by atoms with van der Waals surface area (Å²) in [6.07, 6.45) is 7.89. The Kier molecular flexibility index (Phi) is 5.60. The van der Waals surface area contributed by atoms with Crippen LogP contribution in [0.2, 0.25) is 0 Å². The standard InChI is InChI=1S/C17H25NO2/c1-2-3-7-16(14-5-4-6-14)18-12-13-8-10-15(11-9-13)17(19)20/h8-11,14,16,18H,2-7,12H2,1H3,(H,19,20). The van der Waals surface area contributed by atoms with Gasteiger partial charge < -0.3 is 10.4 Å². The summed E-state index contributed by atoms with van der Waals surface area (Å²) in [4.78, 5) is 10.8. The number of benzene rings is 1. The fraction of sp³-hybridized carbons (Fsp3) is 0.588. The van der Waals surface area contributed by atoms with Crippen molar-refractivity contribution in [1.82, 2.24) is 5.32 Å². The summed E-state index contributed by atoms with van der Waals surface area (Å²) in [7, 11) is 0. The first-order valence-corrected chi connectivity index (χ1v) is 7.76. The van der Waals surface area contributed by atoms with Crippen LogP contribution in [0, 0.1) is 5.92 Å². The van der Waals surface area contributed by atoms with Gasteiger partial charge in [0.1, 0.15) is 0 Å². The molecule has 3 heteroatoms. The summed E-state index contributed by atoms with van der Waals surface area (Å²) >= 11 is 0. The maximum absolute atomic E-state index is 10.8. The van der Waals surface area contributed by atoms with Crippen molar-refractivity contribution < 1.29 is 9.90 Å². The van der Waals surface area contributed by atoms with Crippen LogP contribution >= 0.6 is 0 Å². The zero-order chi connectivity index (χ0) is 14.4. The molecule has 3 nitrogen and oxygen atoms in total. The first-order chi connectivity index (χ1) is 9.70. The van der Waals surface area contributed by atoms with E-state index in [0.29, 0.717) is 11.6 Å². The van der Waals surface area contributed by atoms with Gasteiger partial charge in [-0.2, -0.15) is 0 Å². The van der Waals surface area contributed by atoms with Crippen molar-refractivity contribution in [3.05, 3.63) is 35.4 Å². The summed E-state index contributed by atoms with van der Waals surface area (Å²) in [5.41, 5.74) is 1.52. The number of nitrogens with one attached hydrogen (secondary N) is 1. The number of carboxylic acid groups (broad SMARTS) is 1. The number of rotatable bonds is 8. The van der Waals surface area contributed by atoms with Gasteiger partial charge in [0.15, 0.2) is 0 Å². The highest BCUT2D eigenvalue weighted by molar-refractivity contribution is 5.87. The molecule has 0 heterocycles. The fourth-order valence-electron chi connectivity index (χ4n) is 2.78. The third kappa shape index (κ3) is 4.07. The van der Waals surface area contributed by atoms with Gasteiger partial charge >= 0.3 is 5.97 Å². The molecule has 1 saturated carbocycles. The molecule has 0 radical (unpaired) electrons. The Morgan fingerprint density at radius 1 is 1.35 bits per heavy atom. The lowest BCUT2D eigenvalue weighted by atomic mass is 9.78. The number of carboxylic acids is 1. The molecule has 1 fully saturated rings. The smallest absolute Gasteiger partial charge is 0.335 e. The predicted molar refractivity (Wildman–Crippen MR) is 80.9 cm³/mol. The molecule has 1 atom stereocenters. The molecule has 20 heavy (non-hydrogen) atoms. The third-order valence-corrected chi connectivity index (χ3v) is 4.36. The summed E-state index contributed by atoms with van der Waals surface area (Å²) < 4.78 is 0. The Labute approximate surface area is 121 Å². The zero-order valence-electron chi connectivity index (χ0n) is 12.3. The summed E-state index contributed by atoms with van der Waals surface area (Å²) in [5, 5.41) is 12.6. The number of hydrogen-bond donors (Lipinski definition) is 2. The highest BCUT2D eigenvalue weighted by atomic mass is 16.4. The van der Waals surface area contributed by atoms with Crippen LogP contribution < -0.4 is 5.32 Å². The molecule has 2 N–H and O–H groups in total. The minimum absolute atomic E-state index is 0.357. The third-order valence-electron chi connectivity index (χ3n) is 4.36. The van der Waals surface area contributed by atoms with Gasteiger partial charge in [-0.15, -0.1) is 0 Å². The molecule has 1 unspecified atom stereocenters. The van der Waals surface area contributed by atoms with Gasteiger partial charge in [-0.25, -0.2) is 4.79 Å². The van der Waals surface area contributed by atoms with E-state index in [-0.39, 0.29) is 0 Å². The Balaban J connectivity index is 1.85. The van der Waals surface area contributed by atoms with E-state index in [1.807, 2.05) is 12.1 Å². The number of aromatic carboxylic acids is 1. The highest BCUT2D eigenvalue weighted by Gasteiger charge is 2.26. The summed E-state index contributed by atoms with van der Waals surface area (Å²) in [6.45, 7) is 3.08. The maximum atomic E-state index is 10.8. The monoisotopic (exact) mass is 275 g/mol. The Bertz CT molecular complexity index is 423. The van der Waals surface area contributed by atoms with E-state index in [9.17, 15) is 4.79 Å². The molecular formula is C17H25NO2. The van der Waals surface area contributed by atoms with Gasteiger partial charge in [0.2, 0.25) is 0 Å². The second kappa shape index (κ2) is 7.44. The predicted octanol–water partition coefficient (Wildman–Crippen LogP) is 3.83. The molecule has 1 aliphatic carbocycles. The lowest BCUT2D eigenvalue weighted by Gasteiger charge is -2.34. The van der Waals surface area contributed by atoms with Gasteiger partial charge in [0, 0.05) is 12.6 Å². The lowest BCUT2D eigenvalue weighted by molar-refractivity contribution is 0.0697. The van der Waals surface area contributed by atoms with Crippen molar-refractivity contribution in [3.63, 3.8) is 0 Å². The van der Waals surface area contributed by atoms with Gasteiger partial charge in [-0.05, 0) is 42.9 Å². The van der Waals surface area contributed by atoms with Crippen molar-refractivity contribution in [2.75, 3.05) is 0 Å². The molecule has 0 spiro atoms. The average Bonchev–Trinajstić information content (AvgIpc) is 2.40. The van der Waals surface area contributed by atoms with Crippen molar-refractivity contribution in [2.24, 2.45) is 5.92 Å². The van der Waals surface area contributed by atoms with Crippen LogP contribution in [0.25, 0.3) is 0 Å².